The van der Waals surface area contributed by atoms with Crippen molar-refractivity contribution in [2.45, 2.75) is 0 Å². The van der Waals surface area contributed by atoms with Crippen LogP contribution in [-0.4, -0.2) is 18.6 Å². The molecule has 5 heteroatoms. The zero-order valence-corrected chi connectivity index (χ0v) is 6.94. The maximum Gasteiger partial charge on any atom is 0.325 e. The number of benzene rings is 1. The van der Waals surface area contributed by atoms with Crippen molar-refractivity contribution in [3.05, 3.63) is 36.4 Å². The molecule has 0 amide bonds. The van der Waals surface area contributed by atoms with Crippen molar-refractivity contribution in [3.8, 4) is 0 Å². The molecule has 0 bridgehead atoms. The first-order valence-electron chi connectivity index (χ1n) is 2.99. The highest BCUT2D eigenvalue weighted by Crippen LogP contribution is 1.79. The van der Waals surface area contributed by atoms with E-state index in [0.717, 1.165) is 0 Å². The molecule has 66 valence electrons. The molecule has 1 rings (SSSR count). The first kappa shape index (κ1) is 10.8. The van der Waals surface area contributed by atoms with Gasteiger partial charge in [0.25, 0.3) is 5.62 Å². The van der Waals surface area contributed by atoms with Crippen molar-refractivity contribution in [2.24, 2.45) is 0 Å². The first-order valence-corrected chi connectivity index (χ1v) is 4.49. The van der Waals surface area contributed by atoms with E-state index in [-0.39, 0.29) is 0 Å². The lowest BCUT2D eigenvalue weighted by molar-refractivity contribution is 0.487. The number of rotatable bonds is 1. The van der Waals surface area contributed by atoms with Crippen LogP contribution in [0.3, 0.4) is 0 Å². The van der Waals surface area contributed by atoms with Gasteiger partial charge < -0.3 is 0 Å². The van der Waals surface area contributed by atoms with Crippen molar-refractivity contribution >= 4 is 15.7 Å². The second-order valence-electron chi connectivity index (χ2n) is 1.77. The van der Waals surface area contributed by atoms with Crippen LogP contribution in [0.25, 0.3) is 0 Å². The summed E-state index contributed by atoms with van der Waals surface area (Å²) in [6.45, 7) is 0. The topological polar surface area (TPSA) is 71.4 Å². The first-order chi connectivity index (χ1) is 5.56. The van der Waals surface area contributed by atoms with Gasteiger partial charge in [-0.3, -0.25) is 9.35 Å². The van der Waals surface area contributed by atoms with Crippen molar-refractivity contribution in [3.63, 3.8) is 0 Å². The lowest BCUT2D eigenvalue weighted by atomic mass is 10.4. The van der Waals surface area contributed by atoms with E-state index in [1.807, 2.05) is 36.4 Å². The van der Waals surface area contributed by atoms with E-state index in [4.69, 9.17) is 9.35 Å². The van der Waals surface area contributed by atoms with E-state index in [2.05, 4.69) is 0 Å². The Morgan fingerprint density at radius 2 is 1.08 bits per heavy atom. The third kappa shape index (κ3) is 8.80. The molecule has 4 nitrogen and oxygen atoms in total. The van der Waals surface area contributed by atoms with Crippen LogP contribution >= 0.6 is 0 Å². The predicted molar refractivity (Wildman–Crippen MR) is 44.7 cm³/mol. The minimum absolute atomic E-state index is 0.535. The Kier molecular flexibility index (Phi) is 4.91. The zero-order valence-electron chi connectivity index (χ0n) is 6.12. The monoisotopic (exact) mass is 188 g/mol. The number of carbonyl (C=O) groups is 1. The molecule has 1 aromatic carbocycles. The number of carbonyl (C=O) groups excluding carboxylic acids is 1. The number of hydrogen-bond donors (Lipinski definition) is 1. The summed E-state index contributed by atoms with van der Waals surface area (Å²) in [4.78, 5) is 8.99. The molecule has 0 aliphatic heterocycles. The highest BCUT2D eigenvalue weighted by atomic mass is 32.2. The highest BCUT2D eigenvalue weighted by Gasteiger charge is 1.94. The lowest BCUT2D eigenvalue weighted by Crippen LogP contribution is -1.94. The normalized spacial score (nSPS) is 9.42. The van der Waals surface area contributed by atoms with Gasteiger partial charge >= 0.3 is 10.1 Å². The summed E-state index contributed by atoms with van der Waals surface area (Å²) in [6.07, 6.45) is 0. The molecule has 1 aromatic rings. The van der Waals surface area contributed by atoms with Gasteiger partial charge in [0.05, 0.1) is 0 Å². The molecule has 0 spiro atoms. The van der Waals surface area contributed by atoms with Crippen molar-refractivity contribution in [1.82, 2.24) is 0 Å². The van der Waals surface area contributed by atoms with Crippen LogP contribution in [0.15, 0.2) is 36.4 Å². The van der Waals surface area contributed by atoms with Crippen LogP contribution in [0.1, 0.15) is 0 Å². The van der Waals surface area contributed by atoms with Gasteiger partial charge in [-0.15, -0.1) is 0 Å². The molecular weight excluding hydrogens is 180 g/mol. The maximum atomic E-state index is 9.19. The molecule has 0 unspecified atom stereocenters. The smallest absolute Gasteiger partial charge is 0.283 e. The van der Waals surface area contributed by atoms with E-state index < -0.39 is 15.7 Å². The van der Waals surface area contributed by atoms with E-state index >= 15 is 0 Å². The molecular formula is C7H8O4S. The average molecular weight is 188 g/mol. The van der Waals surface area contributed by atoms with Gasteiger partial charge in [-0.2, -0.15) is 8.42 Å². The van der Waals surface area contributed by atoms with Gasteiger partial charge in [0.2, 0.25) is 0 Å². The molecule has 0 heterocycles. The molecule has 12 heavy (non-hydrogen) atoms. The Morgan fingerprint density at radius 1 is 0.917 bits per heavy atom. The minimum Gasteiger partial charge on any atom is -0.283 e. The molecule has 0 aliphatic rings. The van der Waals surface area contributed by atoms with E-state index in [1.54, 1.807) is 0 Å². The van der Waals surface area contributed by atoms with Gasteiger partial charge in [0.15, 0.2) is 0 Å². The summed E-state index contributed by atoms with van der Waals surface area (Å²) in [6, 6.07) is 12.0. The SMILES string of the molecule is O=CS(=O)(=O)O.c1ccccc1. The van der Waals surface area contributed by atoms with Crippen LogP contribution in [0.5, 0.6) is 0 Å². The fourth-order valence-electron chi connectivity index (χ4n) is 0.385. The molecule has 0 radical (unpaired) electrons. The quantitative estimate of drug-likeness (QED) is 0.521. The molecule has 1 N–H and O–H groups in total. The minimum atomic E-state index is -4.34. The Labute approximate surface area is 70.6 Å². The Bertz CT molecular complexity index is 265. The van der Waals surface area contributed by atoms with Gasteiger partial charge in [-0.05, 0) is 0 Å². The van der Waals surface area contributed by atoms with Crippen LogP contribution < -0.4 is 0 Å². The Morgan fingerprint density at radius 3 is 1.17 bits per heavy atom. The standard InChI is InChI=1S/C6H6.CH2O4S/c1-2-4-6-5-3-1;2-1-6(3,4)5/h1-6H;1H,(H,3,4,5). The predicted octanol–water partition coefficient (Wildman–Crippen LogP) is 0.751. The summed E-state index contributed by atoms with van der Waals surface area (Å²) in [5.74, 6) is 0. The third-order valence-corrected chi connectivity index (χ3v) is 1.03. The van der Waals surface area contributed by atoms with E-state index in [0.29, 0.717) is 0 Å². The molecule has 0 aliphatic carbocycles. The third-order valence-electron chi connectivity index (χ3n) is 0.788. The van der Waals surface area contributed by atoms with E-state index in [1.165, 1.54) is 0 Å². The second-order valence-corrected chi connectivity index (χ2v) is 2.99. The maximum absolute atomic E-state index is 9.19. The van der Waals surface area contributed by atoms with Crippen molar-refractivity contribution < 1.29 is 17.8 Å². The van der Waals surface area contributed by atoms with Crippen LogP contribution in [0.2, 0.25) is 0 Å². The van der Waals surface area contributed by atoms with Crippen molar-refractivity contribution in [1.29, 1.82) is 0 Å². The summed E-state index contributed by atoms with van der Waals surface area (Å²) >= 11 is 0. The largest absolute Gasteiger partial charge is 0.325 e. The summed E-state index contributed by atoms with van der Waals surface area (Å²) in [5.41, 5.74) is -0.535. The summed E-state index contributed by atoms with van der Waals surface area (Å²) in [5, 5.41) is 0. The summed E-state index contributed by atoms with van der Waals surface area (Å²) in [7, 11) is -4.34. The van der Waals surface area contributed by atoms with Gasteiger partial charge in [0.1, 0.15) is 0 Å². The van der Waals surface area contributed by atoms with Gasteiger partial charge in [0, 0.05) is 0 Å². The Hall–Kier alpha value is -1.20. The molecule has 0 saturated carbocycles. The fourth-order valence-corrected chi connectivity index (χ4v) is 0.385. The van der Waals surface area contributed by atoms with Crippen molar-refractivity contribution in [2.75, 3.05) is 0 Å². The van der Waals surface area contributed by atoms with Gasteiger partial charge in [-0.25, -0.2) is 0 Å². The molecule has 0 aromatic heterocycles. The molecule has 0 fully saturated rings. The lowest BCUT2D eigenvalue weighted by Gasteiger charge is -1.69. The molecule has 0 saturated heterocycles. The van der Waals surface area contributed by atoms with Gasteiger partial charge in [-0.1, -0.05) is 36.4 Å². The van der Waals surface area contributed by atoms with Crippen LogP contribution in [0.4, 0.5) is 0 Å². The van der Waals surface area contributed by atoms with E-state index in [9.17, 15) is 8.42 Å². The Balaban J connectivity index is 0.000000202. The fraction of sp³-hybridized carbons (Fsp3) is 0. The highest BCUT2D eigenvalue weighted by molar-refractivity contribution is 7.99. The van der Waals surface area contributed by atoms with Crippen LogP contribution in [0, 0.1) is 0 Å². The average Bonchev–Trinajstić information content (AvgIpc) is 2.07. The number of hydrogen-bond acceptors (Lipinski definition) is 3. The second kappa shape index (κ2) is 5.45. The van der Waals surface area contributed by atoms with Crippen LogP contribution in [-0.2, 0) is 14.9 Å². The molecule has 0 atom stereocenters. The summed E-state index contributed by atoms with van der Waals surface area (Å²) < 4.78 is 25.8. The zero-order chi connectivity index (χ0) is 9.45.